The molecule has 1 aliphatic heterocycles. The lowest BCUT2D eigenvalue weighted by atomic mass is 10.1. The van der Waals surface area contributed by atoms with Crippen LogP contribution in [0.15, 0.2) is 6.07 Å². The minimum Gasteiger partial charge on any atom is -0.368 e. The molecule has 2 heterocycles. The maximum Gasteiger partial charge on any atom is 0.148 e. The molecule has 0 amide bonds. The smallest absolute Gasteiger partial charge is 0.148 e. The van der Waals surface area contributed by atoms with Crippen molar-refractivity contribution in [1.82, 2.24) is 15.1 Å². The largest absolute Gasteiger partial charge is 0.368 e. The van der Waals surface area contributed by atoms with E-state index < -0.39 is 0 Å². The van der Waals surface area contributed by atoms with Gasteiger partial charge in [-0.1, -0.05) is 6.92 Å². The van der Waals surface area contributed by atoms with E-state index in [9.17, 15) is 0 Å². The Bertz CT molecular complexity index is 391. The maximum absolute atomic E-state index is 4.18. The van der Waals surface area contributed by atoms with Crippen LogP contribution in [0.3, 0.4) is 0 Å². The first-order valence-electron chi connectivity index (χ1n) is 6.96. The summed E-state index contributed by atoms with van der Waals surface area (Å²) in [6, 6.07) is 2.08. The Balaban J connectivity index is 1.80. The highest BCUT2D eigenvalue weighted by Gasteiger charge is 2.21. The second kappa shape index (κ2) is 6.14. The van der Waals surface area contributed by atoms with E-state index in [2.05, 4.69) is 40.3 Å². The lowest BCUT2D eigenvalue weighted by Crippen LogP contribution is -2.23. The van der Waals surface area contributed by atoms with Gasteiger partial charge in [0.1, 0.15) is 5.82 Å². The highest BCUT2D eigenvalue weighted by Crippen LogP contribution is 2.17. The number of nitrogens with one attached hydrogen (secondary N) is 1. The van der Waals surface area contributed by atoms with Gasteiger partial charge in [-0.3, -0.25) is 0 Å². The third-order valence-corrected chi connectivity index (χ3v) is 3.71. The summed E-state index contributed by atoms with van der Waals surface area (Å²) < 4.78 is 0. The summed E-state index contributed by atoms with van der Waals surface area (Å²) in [7, 11) is 0. The fraction of sp³-hybridized carbons (Fsp3) is 0.714. The summed E-state index contributed by atoms with van der Waals surface area (Å²) in [6.07, 6.45) is 2.55. The number of anilines is 1. The second-order valence-corrected chi connectivity index (χ2v) is 5.33. The third kappa shape index (κ3) is 3.42. The van der Waals surface area contributed by atoms with Crippen molar-refractivity contribution in [2.75, 3.05) is 31.5 Å². The van der Waals surface area contributed by atoms with Crippen molar-refractivity contribution in [2.24, 2.45) is 5.92 Å². The lowest BCUT2D eigenvalue weighted by Gasteiger charge is -2.15. The van der Waals surface area contributed by atoms with E-state index in [-0.39, 0.29) is 0 Å². The van der Waals surface area contributed by atoms with Gasteiger partial charge in [-0.25, -0.2) is 0 Å². The van der Waals surface area contributed by atoms with E-state index in [0.717, 1.165) is 24.0 Å². The van der Waals surface area contributed by atoms with E-state index >= 15 is 0 Å². The van der Waals surface area contributed by atoms with Crippen molar-refractivity contribution in [3.63, 3.8) is 0 Å². The predicted octanol–water partition coefficient (Wildman–Crippen LogP) is 2.24. The molecule has 2 rings (SSSR count). The van der Waals surface area contributed by atoms with Crippen LogP contribution in [0.2, 0.25) is 0 Å². The average molecular weight is 248 g/mol. The molecule has 0 radical (unpaired) electrons. The molecule has 0 saturated carbocycles. The number of aromatic nitrogens is 2. The van der Waals surface area contributed by atoms with Crippen LogP contribution in [0, 0.1) is 19.8 Å². The highest BCUT2D eigenvalue weighted by molar-refractivity contribution is 5.37. The van der Waals surface area contributed by atoms with Crippen LogP contribution in [-0.2, 0) is 0 Å². The quantitative estimate of drug-likeness (QED) is 0.867. The number of hydrogen-bond acceptors (Lipinski definition) is 4. The van der Waals surface area contributed by atoms with Crippen LogP contribution < -0.4 is 5.32 Å². The molecular formula is C14H24N4. The van der Waals surface area contributed by atoms with Gasteiger partial charge < -0.3 is 10.2 Å². The predicted molar refractivity (Wildman–Crippen MR) is 74.8 cm³/mol. The molecular weight excluding hydrogens is 224 g/mol. The summed E-state index contributed by atoms with van der Waals surface area (Å²) in [5.74, 6) is 1.66. The molecule has 1 atom stereocenters. The SMILES string of the molecule is CCCN1CCC(CNc2cc(C)c(C)nn2)C1. The van der Waals surface area contributed by atoms with Crippen LogP contribution in [0.1, 0.15) is 31.0 Å². The molecule has 1 aliphatic rings. The Labute approximate surface area is 110 Å². The maximum atomic E-state index is 4.18. The first-order chi connectivity index (χ1) is 8.69. The number of nitrogens with zero attached hydrogens (tertiary/aromatic N) is 3. The van der Waals surface area contributed by atoms with E-state index in [1.807, 2.05) is 6.92 Å². The molecule has 1 fully saturated rings. The Morgan fingerprint density at radius 2 is 2.22 bits per heavy atom. The van der Waals surface area contributed by atoms with Crippen LogP contribution >= 0.6 is 0 Å². The zero-order chi connectivity index (χ0) is 13.0. The van der Waals surface area contributed by atoms with E-state index in [0.29, 0.717) is 0 Å². The summed E-state index contributed by atoms with van der Waals surface area (Å²) in [5, 5.41) is 11.7. The minimum atomic E-state index is 0.750. The van der Waals surface area contributed by atoms with Gasteiger partial charge in [-0.2, -0.15) is 5.10 Å². The fourth-order valence-corrected chi connectivity index (χ4v) is 2.48. The van der Waals surface area contributed by atoms with Crippen molar-refractivity contribution >= 4 is 5.82 Å². The summed E-state index contributed by atoms with van der Waals surface area (Å²) in [6.45, 7) is 11.0. The van der Waals surface area contributed by atoms with Gasteiger partial charge in [0, 0.05) is 13.1 Å². The van der Waals surface area contributed by atoms with Gasteiger partial charge in [0.15, 0.2) is 0 Å². The van der Waals surface area contributed by atoms with Crippen molar-refractivity contribution in [3.05, 3.63) is 17.3 Å². The number of aryl methyl sites for hydroxylation is 2. The number of likely N-dealkylation sites (tertiary alicyclic amines) is 1. The van der Waals surface area contributed by atoms with Crippen molar-refractivity contribution in [3.8, 4) is 0 Å². The second-order valence-electron chi connectivity index (χ2n) is 5.33. The minimum absolute atomic E-state index is 0.750. The van der Waals surface area contributed by atoms with Gasteiger partial charge in [0.2, 0.25) is 0 Å². The van der Waals surface area contributed by atoms with Crippen molar-refractivity contribution in [2.45, 2.75) is 33.6 Å². The molecule has 0 aromatic carbocycles. The highest BCUT2D eigenvalue weighted by atomic mass is 15.2. The summed E-state index contributed by atoms with van der Waals surface area (Å²) in [4.78, 5) is 2.55. The van der Waals surface area contributed by atoms with Gasteiger partial charge in [-0.05, 0) is 57.3 Å². The zero-order valence-corrected chi connectivity index (χ0v) is 11.7. The molecule has 1 N–H and O–H groups in total. The molecule has 4 nitrogen and oxygen atoms in total. The topological polar surface area (TPSA) is 41.0 Å². The Kier molecular flexibility index (Phi) is 4.53. The van der Waals surface area contributed by atoms with Crippen LogP contribution in [-0.4, -0.2) is 41.3 Å². The average Bonchev–Trinajstić information content (AvgIpc) is 2.79. The molecule has 1 saturated heterocycles. The Hall–Kier alpha value is -1.16. The van der Waals surface area contributed by atoms with Crippen molar-refractivity contribution < 1.29 is 0 Å². The Morgan fingerprint density at radius 3 is 2.94 bits per heavy atom. The summed E-state index contributed by atoms with van der Waals surface area (Å²) in [5.41, 5.74) is 2.21. The molecule has 1 aromatic rings. The van der Waals surface area contributed by atoms with Gasteiger partial charge >= 0.3 is 0 Å². The molecule has 100 valence electrons. The number of rotatable bonds is 5. The first kappa shape index (κ1) is 13.3. The normalized spacial score (nSPS) is 20.3. The first-order valence-corrected chi connectivity index (χ1v) is 6.96. The van der Waals surface area contributed by atoms with E-state index in [1.54, 1.807) is 0 Å². The van der Waals surface area contributed by atoms with Crippen LogP contribution in [0.4, 0.5) is 5.82 Å². The van der Waals surface area contributed by atoms with Crippen LogP contribution in [0.25, 0.3) is 0 Å². The van der Waals surface area contributed by atoms with E-state index in [4.69, 9.17) is 0 Å². The Morgan fingerprint density at radius 1 is 1.39 bits per heavy atom. The monoisotopic (exact) mass is 248 g/mol. The lowest BCUT2D eigenvalue weighted by molar-refractivity contribution is 0.327. The number of hydrogen-bond donors (Lipinski definition) is 1. The molecule has 0 aliphatic carbocycles. The van der Waals surface area contributed by atoms with E-state index in [1.165, 1.54) is 38.0 Å². The third-order valence-electron chi connectivity index (χ3n) is 3.71. The zero-order valence-electron chi connectivity index (χ0n) is 11.7. The molecule has 0 spiro atoms. The van der Waals surface area contributed by atoms with Crippen LogP contribution in [0.5, 0.6) is 0 Å². The van der Waals surface area contributed by atoms with Gasteiger partial charge in [0.25, 0.3) is 0 Å². The van der Waals surface area contributed by atoms with Gasteiger partial charge in [0.05, 0.1) is 5.69 Å². The fourth-order valence-electron chi connectivity index (χ4n) is 2.48. The van der Waals surface area contributed by atoms with Gasteiger partial charge in [-0.15, -0.1) is 5.10 Å². The standard InChI is InChI=1S/C14H24N4/c1-4-6-18-7-5-13(10-18)9-15-14-8-11(2)12(3)16-17-14/h8,13H,4-7,9-10H2,1-3H3,(H,15,17). The van der Waals surface area contributed by atoms with Crippen molar-refractivity contribution in [1.29, 1.82) is 0 Å². The molecule has 4 heteroatoms. The summed E-state index contributed by atoms with van der Waals surface area (Å²) >= 11 is 0. The molecule has 1 aromatic heterocycles. The molecule has 0 bridgehead atoms. The molecule has 18 heavy (non-hydrogen) atoms. The molecule has 1 unspecified atom stereocenters.